The third-order valence-electron chi connectivity index (χ3n) is 2.50. The van der Waals surface area contributed by atoms with Gasteiger partial charge >= 0.3 is 0 Å². The first-order valence-electron chi connectivity index (χ1n) is 5.68. The van der Waals surface area contributed by atoms with Crippen molar-refractivity contribution in [3.63, 3.8) is 0 Å². The van der Waals surface area contributed by atoms with E-state index in [1.165, 1.54) is 10.9 Å². The van der Waals surface area contributed by atoms with Gasteiger partial charge in [0.05, 0.1) is 17.8 Å². The molecule has 2 aromatic rings. The molecule has 0 aliphatic rings. The number of benzene rings is 1. The Hall–Kier alpha value is -1.52. The average molecular weight is 299 g/mol. The molecule has 100 valence electrons. The van der Waals surface area contributed by atoms with E-state index >= 15 is 0 Å². The smallest absolute Gasteiger partial charge is 0.287 e. The van der Waals surface area contributed by atoms with Crippen LogP contribution in [-0.4, -0.2) is 16.4 Å². The monoisotopic (exact) mass is 298 g/mol. The first kappa shape index (κ1) is 13.9. The Labute approximate surface area is 120 Å². The minimum Gasteiger partial charge on any atom is -0.492 e. The van der Waals surface area contributed by atoms with Crippen molar-refractivity contribution in [2.75, 3.05) is 6.61 Å². The normalized spacial score (nSPS) is 10.5. The summed E-state index contributed by atoms with van der Waals surface area (Å²) in [7, 11) is 0. The van der Waals surface area contributed by atoms with Crippen LogP contribution in [0.1, 0.15) is 5.56 Å². The van der Waals surface area contributed by atoms with Gasteiger partial charge in [0.1, 0.15) is 17.4 Å². The lowest BCUT2D eigenvalue weighted by atomic mass is 10.2. The summed E-state index contributed by atoms with van der Waals surface area (Å²) in [6.45, 7) is 2.62. The molecule has 1 heterocycles. The van der Waals surface area contributed by atoms with E-state index in [2.05, 4.69) is 5.10 Å². The van der Waals surface area contributed by atoms with Crippen LogP contribution in [0.3, 0.4) is 0 Å². The summed E-state index contributed by atoms with van der Waals surface area (Å²) >= 11 is 11.4. The Morgan fingerprint density at radius 3 is 2.89 bits per heavy atom. The second kappa shape index (κ2) is 6.08. The van der Waals surface area contributed by atoms with E-state index in [1.54, 1.807) is 0 Å². The van der Waals surface area contributed by atoms with Crippen LogP contribution in [0.5, 0.6) is 5.75 Å². The SMILES string of the molecule is Cc1cccc(OCCn2ncc(Cl)c(Cl)c2=O)c1. The molecule has 6 heteroatoms. The average Bonchev–Trinajstić information content (AvgIpc) is 2.39. The van der Waals surface area contributed by atoms with E-state index in [1.807, 2.05) is 31.2 Å². The van der Waals surface area contributed by atoms with E-state index < -0.39 is 5.56 Å². The lowest BCUT2D eigenvalue weighted by Gasteiger charge is -2.08. The molecule has 0 N–H and O–H groups in total. The number of halogens is 2. The van der Waals surface area contributed by atoms with E-state index in [9.17, 15) is 4.79 Å². The van der Waals surface area contributed by atoms with Crippen molar-refractivity contribution in [1.82, 2.24) is 9.78 Å². The minimum atomic E-state index is -0.415. The van der Waals surface area contributed by atoms with Crippen LogP contribution in [0.4, 0.5) is 0 Å². The molecule has 0 aliphatic heterocycles. The summed E-state index contributed by atoms with van der Waals surface area (Å²) in [4.78, 5) is 11.7. The second-order valence-corrected chi connectivity index (χ2v) is 4.78. The predicted molar refractivity (Wildman–Crippen MR) is 75.2 cm³/mol. The predicted octanol–water partition coefficient (Wildman–Crippen LogP) is 2.94. The number of aryl methyl sites for hydroxylation is 1. The summed E-state index contributed by atoms with van der Waals surface area (Å²) in [6.07, 6.45) is 1.35. The van der Waals surface area contributed by atoms with Gasteiger partial charge in [-0.3, -0.25) is 4.79 Å². The maximum Gasteiger partial charge on any atom is 0.287 e. The summed E-state index contributed by atoms with van der Waals surface area (Å²) in [5.41, 5.74) is 0.698. The van der Waals surface area contributed by atoms with Crippen LogP contribution in [0.2, 0.25) is 10.0 Å². The van der Waals surface area contributed by atoms with Crippen LogP contribution < -0.4 is 10.3 Å². The van der Waals surface area contributed by atoms with Crippen molar-refractivity contribution < 1.29 is 4.74 Å². The minimum absolute atomic E-state index is 0.0211. The van der Waals surface area contributed by atoms with Gasteiger partial charge in [0.15, 0.2) is 0 Å². The molecule has 0 aliphatic carbocycles. The van der Waals surface area contributed by atoms with Gasteiger partial charge in [0.25, 0.3) is 5.56 Å². The zero-order valence-corrected chi connectivity index (χ0v) is 11.8. The number of nitrogens with zero attached hydrogens (tertiary/aromatic N) is 2. The number of aromatic nitrogens is 2. The van der Waals surface area contributed by atoms with Crippen LogP contribution in [0, 0.1) is 6.92 Å². The third-order valence-corrected chi connectivity index (χ3v) is 3.25. The first-order valence-corrected chi connectivity index (χ1v) is 6.44. The van der Waals surface area contributed by atoms with Gasteiger partial charge in [-0.05, 0) is 24.6 Å². The van der Waals surface area contributed by atoms with Crippen LogP contribution in [-0.2, 0) is 6.54 Å². The third kappa shape index (κ3) is 3.49. The van der Waals surface area contributed by atoms with E-state index in [-0.39, 0.29) is 10.0 Å². The van der Waals surface area contributed by atoms with Gasteiger partial charge in [-0.25, -0.2) is 4.68 Å². The standard InChI is InChI=1S/C13H12Cl2N2O2/c1-9-3-2-4-10(7-9)19-6-5-17-13(18)12(15)11(14)8-16-17/h2-4,7-8H,5-6H2,1H3. The molecule has 0 fully saturated rings. The summed E-state index contributed by atoms with van der Waals surface area (Å²) < 4.78 is 6.77. The Morgan fingerprint density at radius 2 is 2.16 bits per heavy atom. The molecular weight excluding hydrogens is 287 g/mol. The first-order chi connectivity index (χ1) is 9.08. The highest BCUT2D eigenvalue weighted by Gasteiger charge is 2.07. The highest BCUT2D eigenvalue weighted by Crippen LogP contribution is 2.15. The molecule has 0 spiro atoms. The van der Waals surface area contributed by atoms with Gasteiger partial charge < -0.3 is 4.74 Å². The van der Waals surface area contributed by atoms with E-state index in [4.69, 9.17) is 27.9 Å². The Morgan fingerprint density at radius 1 is 1.37 bits per heavy atom. The lowest BCUT2D eigenvalue weighted by molar-refractivity contribution is 0.287. The number of rotatable bonds is 4. The highest BCUT2D eigenvalue weighted by atomic mass is 35.5. The Kier molecular flexibility index (Phi) is 4.45. The molecule has 19 heavy (non-hydrogen) atoms. The fourth-order valence-corrected chi connectivity index (χ4v) is 1.83. The van der Waals surface area contributed by atoms with Crippen molar-refractivity contribution in [2.24, 2.45) is 0 Å². The molecule has 0 unspecified atom stereocenters. The van der Waals surface area contributed by atoms with Crippen molar-refractivity contribution >= 4 is 23.2 Å². The Balaban J connectivity index is 2.00. The number of hydrogen-bond acceptors (Lipinski definition) is 3. The molecule has 0 saturated carbocycles. The van der Waals surface area contributed by atoms with Crippen molar-refractivity contribution in [3.8, 4) is 5.75 Å². The zero-order chi connectivity index (χ0) is 13.8. The van der Waals surface area contributed by atoms with Gasteiger partial charge in [-0.15, -0.1) is 0 Å². The largest absolute Gasteiger partial charge is 0.492 e. The van der Waals surface area contributed by atoms with Crippen LogP contribution in [0.25, 0.3) is 0 Å². The van der Waals surface area contributed by atoms with Crippen LogP contribution in [0.15, 0.2) is 35.3 Å². The summed E-state index contributed by atoms with van der Waals surface area (Å²) in [5, 5.41) is 4.03. The quantitative estimate of drug-likeness (QED) is 0.872. The maximum atomic E-state index is 11.7. The molecular formula is C13H12Cl2N2O2. The summed E-state index contributed by atoms with van der Waals surface area (Å²) in [5.74, 6) is 0.758. The molecule has 0 amide bonds. The molecule has 0 saturated heterocycles. The number of ether oxygens (including phenoxy) is 1. The molecule has 2 rings (SSSR count). The zero-order valence-electron chi connectivity index (χ0n) is 10.3. The molecule has 1 aromatic carbocycles. The molecule has 0 bridgehead atoms. The topological polar surface area (TPSA) is 44.1 Å². The van der Waals surface area contributed by atoms with Crippen molar-refractivity contribution in [3.05, 3.63) is 56.4 Å². The van der Waals surface area contributed by atoms with Crippen molar-refractivity contribution in [1.29, 1.82) is 0 Å². The summed E-state index contributed by atoms with van der Waals surface area (Å²) in [6, 6.07) is 7.68. The van der Waals surface area contributed by atoms with E-state index in [0.717, 1.165) is 11.3 Å². The van der Waals surface area contributed by atoms with Gasteiger partial charge in [-0.1, -0.05) is 35.3 Å². The lowest BCUT2D eigenvalue weighted by Crippen LogP contribution is -2.25. The maximum absolute atomic E-state index is 11.7. The number of hydrogen-bond donors (Lipinski definition) is 0. The van der Waals surface area contributed by atoms with Crippen molar-refractivity contribution in [2.45, 2.75) is 13.5 Å². The molecule has 0 radical (unpaired) electrons. The molecule has 1 aromatic heterocycles. The second-order valence-electron chi connectivity index (χ2n) is 4.00. The highest BCUT2D eigenvalue weighted by molar-refractivity contribution is 6.41. The van der Waals surface area contributed by atoms with E-state index in [0.29, 0.717) is 13.2 Å². The molecule has 4 nitrogen and oxygen atoms in total. The fraction of sp³-hybridized carbons (Fsp3) is 0.231. The van der Waals surface area contributed by atoms with Gasteiger partial charge in [0.2, 0.25) is 0 Å². The fourth-order valence-electron chi connectivity index (χ4n) is 1.56. The molecule has 0 atom stereocenters. The van der Waals surface area contributed by atoms with Gasteiger partial charge in [0, 0.05) is 0 Å². The van der Waals surface area contributed by atoms with Gasteiger partial charge in [-0.2, -0.15) is 5.10 Å². The van der Waals surface area contributed by atoms with Crippen LogP contribution >= 0.6 is 23.2 Å². The Bertz CT molecular complexity index is 641.